The van der Waals surface area contributed by atoms with Crippen molar-refractivity contribution in [3.05, 3.63) is 42.5 Å². The molecule has 0 unspecified atom stereocenters. The maximum Gasteiger partial charge on any atom is 0.125 e. The topological polar surface area (TPSA) is 46.2 Å². The first-order chi connectivity index (χ1) is 7.72. The monoisotopic (exact) mass is 231 g/mol. The van der Waals surface area contributed by atoms with E-state index in [0.717, 1.165) is 10.5 Å². The third kappa shape index (κ3) is 1.99. The van der Waals surface area contributed by atoms with Gasteiger partial charge in [-0.3, -0.25) is 0 Å². The Labute approximate surface area is 99.1 Å². The van der Waals surface area contributed by atoms with E-state index in [2.05, 4.69) is 0 Å². The highest BCUT2D eigenvalue weighted by Crippen LogP contribution is 2.35. The molecular formula is C13H13NOS. The molecule has 2 rings (SSSR count). The molecule has 0 fully saturated rings. The van der Waals surface area contributed by atoms with Crippen LogP contribution in [0.5, 0.6) is 5.75 Å². The van der Waals surface area contributed by atoms with Gasteiger partial charge >= 0.3 is 0 Å². The van der Waals surface area contributed by atoms with Crippen molar-refractivity contribution in [2.24, 2.45) is 0 Å². The summed E-state index contributed by atoms with van der Waals surface area (Å²) in [7, 11) is 0. The average molecular weight is 231 g/mol. The van der Waals surface area contributed by atoms with E-state index >= 15 is 0 Å². The molecule has 0 heterocycles. The van der Waals surface area contributed by atoms with Crippen molar-refractivity contribution in [3.8, 4) is 16.9 Å². The number of aromatic hydroxyl groups is 1. The van der Waals surface area contributed by atoms with Crippen LogP contribution in [0, 0.1) is 0 Å². The van der Waals surface area contributed by atoms with Crippen molar-refractivity contribution in [1.29, 1.82) is 0 Å². The van der Waals surface area contributed by atoms with Gasteiger partial charge in [-0.2, -0.15) is 0 Å². The lowest BCUT2D eigenvalue weighted by Gasteiger charge is -2.09. The summed E-state index contributed by atoms with van der Waals surface area (Å²) in [4.78, 5) is 1.15. The van der Waals surface area contributed by atoms with Crippen molar-refractivity contribution < 1.29 is 5.11 Å². The number of thioether (sulfide) groups is 1. The zero-order valence-electron chi connectivity index (χ0n) is 8.97. The van der Waals surface area contributed by atoms with Crippen LogP contribution in [0.4, 0.5) is 5.69 Å². The van der Waals surface area contributed by atoms with Crippen molar-refractivity contribution in [2.45, 2.75) is 4.90 Å². The minimum absolute atomic E-state index is 0.221. The Morgan fingerprint density at radius 2 is 1.88 bits per heavy atom. The zero-order valence-corrected chi connectivity index (χ0v) is 9.79. The summed E-state index contributed by atoms with van der Waals surface area (Å²) in [6.45, 7) is 0. The molecule has 0 bridgehead atoms. The summed E-state index contributed by atoms with van der Waals surface area (Å²) < 4.78 is 0. The van der Waals surface area contributed by atoms with Crippen molar-refractivity contribution >= 4 is 17.4 Å². The molecule has 0 spiro atoms. The van der Waals surface area contributed by atoms with E-state index in [0.29, 0.717) is 11.3 Å². The number of benzene rings is 2. The van der Waals surface area contributed by atoms with Crippen LogP contribution in [0.3, 0.4) is 0 Å². The summed E-state index contributed by atoms with van der Waals surface area (Å²) in [5.41, 5.74) is 8.13. The van der Waals surface area contributed by atoms with Gasteiger partial charge in [0.1, 0.15) is 5.75 Å². The number of anilines is 1. The zero-order chi connectivity index (χ0) is 11.5. The second kappa shape index (κ2) is 4.49. The third-order valence-electron chi connectivity index (χ3n) is 2.43. The van der Waals surface area contributed by atoms with Crippen LogP contribution in [0.2, 0.25) is 0 Å². The van der Waals surface area contributed by atoms with Gasteiger partial charge in [-0.15, -0.1) is 11.8 Å². The lowest BCUT2D eigenvalue weighted by Crippen LogP contribution is -1.90. The molecule has 0 radical (unpaired) electrons. The van der Waals surface area contributed by atoms with E-state index in [4.69, 9.17) is 5.73 Å². The number of nitrogens with two attached hydrogens (primary N) is 1. The van der Waals surface area contributed by atoms with Crippen LogP contribution in [-0.2, 0) is 0 Å². The Hall–Kier alpha value is -1.61. The molecule has 0 saturated heterocycles. The molecule has 0 aliphatic carbocycles. The molecule has 0 aliphatic heterocycles. The number of phenols is 1. The highest BCUT2D eigenvalue weighted by Gasteiger charge is 2.08. The van der Waals surface area contributed by atoms with Gasteiger partial charge in [0.15, 0.2) is 0 Å². The number of nitrogen functional groups attached to an aromatic ring is 1. The minimum Gasteiger partial charge on any atom is -0.507 e. The average Bonchev–Trinajstić information content (AvgIpc) is 2.29. The molecule has 2 aromatic carbocycles. The lowest BCUT2D eigenvalue weighted by molar-refractivity contribution is 0.477. The largest absolute Gasteiger partial charge is 0.507 e. The van der Waals surface area contributed by atoms with Gasteiger partial charge in [0.2, 0.25) is 0 Å². The Morgan fingerprint density at radius 3 is 2.56 bits per heavy atom. The van der Waals surface area contributed by atoms with Gasteiger partial charge in [-0.05, 0) is 36.1 Å². The summed E-state index contributed by atoms with van der Waals surface area (Å²) in [6.07, 6.45) is 2.02. The predicted molar refractivity (Wildman–Crippen MR) is 69.7 cm³/mol. The second-order valence-corrected chi connectivity index (χ2v) is 4.35. The van der Waals surface area contributed by atoms with E-state index in [1.807, 2.05) is 30.5 Å². The standard InChI is InChI=1S/C13H13NOS/c1-16-10-5-2-4-9(8-10)13-11(14)6-3-7-12(13)15/h2-8,15H,14H2,1H3. The number of hydrogen-bond donors (Lipinski definition) is 2. The van der Waals surface area contributed by atoms with Crippen LogP contribution < -0.4 is 5.73 Å². The van der Waals surface area contributed by atoms with Crippen LogP contribution in [-0.4, -0.2) is 11.4 Å². The Balaban J connectivity index is 2.58. The molecule has 2 aromatic rings. The fourth-order valence-corrected chi connectivity index (χ4v) is 2.11. The molecule has 82 valence electrons. The first kappa shape index (κ1) is 10.9. The highest BCUT2D eigenvalue weighted by atomic mass is 32.2. The van der Waals surface area contributed by atoms with Crippen LogP contribution in [0.25, 0.3) is 11.1 Å². The van der Waals surface area contributed by atoms with Crippen molar-refractivity contribution in [3.63, 3.8) is 0 Å². The quantitative estimate of drug-likeness (QED) is 0.615. The van der Waals surface area contributed by atoms with Gasteiger partial charge in [0.05, 0.1) is 0 Å². The molecule has 16 heavy (non-hydrogen) atoms. The number of phenolic OH excluding ortho intramolecular Hbond substituents is 1. The third-order valence-corrected chi connectivity index (χ3v) is 3.16. The van der Waals surface area contributed by atoms with Gasteiger partial charge in [0, 0.05) is 16.1 Å². The minimum atomic E-state index is 0.221. The van der Waals surface area contributed by atoms with Gasteiger partial charge in [0.25, 0.3) is 0 Å². The van der Waals surface area contributed by atoms with Crippen molar-refractivity contribution in [2.75, 3.05) is 12.0 Å². The maximum atomic E-state index is 9.82. The Bertz CT molecular complexity index is 491. The fraction of sp³-hybridized carbons (Fsp3) is 0.0769. The lowest BCUT2D eigenvalue weighted by atomic mass is 10.0. The molecule has 0 atom stereocenters. The smallest absolute Gasteiger partial charge is 0.125 e. The normalized spacial score (nSPS) is 10.3. The van der Waals surface area contributed by atoms with Crippen LogP contribution >= 0.6 is 11.8 Å². The summed E-state index contributed by atoms with van der Waals surface area (Å²) in [6, 6.07) is 13.2. The molecule has 0 saturated carbocycles. The number of rotatable bonds is 2. The summed E-state index contributed by atoms with van der Waals surface area (Å²) >= 11 is 1.67. The van der Waals surface area contributed by atoms with E-state index in [1.165, 1.54) is 0 Å². The van der Waals surface area contributed by atoms with E-state index in [9.17, 15) is 5.11 Å². The Morgan fingerprint density at radius 1 is 1.12 bits per heavy atom. The molecule has 0 amide bonds. The summed E-state index contributed by atoms with van der Waals surface area (Å²) in [5, 5.41) is 9.82. The van der Waals surface area contributed by atoms with Crippen molar-refractivity contribution in [1.82, 2.24) is 0 Å². The van der Waals surface area contributed by atoms with E-state index in [-0.39, 0.29) is 5.75 Å². The predicted octanol–water partition coefficient (Wildman–Crippen LogP) is 3.36. The fourth-order valence-electron chi connectivity index (χ4n) is 1.65. The second-order valence-electron chi connectivity index (χ2n) is 3.47. The molecular weight excluding hydrogens is 218 g/mol. The van der Waals surface area contributed by atoms with E-state index < -0.39 is 0 Å². The van der Waals surface area contributed by atoms with Crippen LogP contribution in [0.1, 0.15) is 0 Å². The molecule has 0 aromatic heterocycles. The van der Waals surface area contributed by atoms with Gasteiger partial charge in [-0.1, -0.05) is 18.2 Å². The molecule has 0 aliphatic rings. The van der Waals surface area contributed by atoms with E-state index in [1.54, 1.807) is 30.0 Å². The van der Waals surface area contributed by atoms with Crippen LogP contribution in [0.15, 0.2) is 47.4 Å². The first-order valence-electron chi connectivity index (χ1n) is 4.94. The maximum absolute atomic E-state index is 9.82. The Kier molecular flexibility index (Phi) is 3.06. The molecule has 2 nitrogen and oxygen atoms in total. The number of hydrogen-bond acceptors (Lipinski definition) is 3. The SMILES string of the molecule is CSc1cccc(-c2c(N)cccc2O)c1. The van der Waals surface area contributed by atoms with Gasteiger partial charge < -0.3 is 10.8 Å². The van der Waals surface area contributed by atoms with Gasteiger partial charge in [-0.25, -0.2) is 0 Å². The first-order valence-corrected chi connectivity index (χ1v) is 6.16. The molecule has 3 N–H and O–H groups in total. The highest BCUT2D eigenvalue weighted by molar-refractivity contribution is 7.98. The summed E-state index contributed by atoms with van der Waals surface area (Å²) in [5.74, 6) is 0.221. The molecule has 3 heteroatoms.